The van der Waals surface area contributed by atoms with Crippen LogP contribution in [0.2, 0.25) is 0 Å². The maximum Gasteiger partial charge on any atom is 2.00 e. The predicted octanol–water partition coefficient (Wildman–Crippen LogP) is 4.73. The second-order valence-corrected chi connectivity index (χ2v) is 6.65. The van der Waals surface area contributed by atoms with Gasteiger partial charge in [-0.05, 0) is 24.3 Å². The van der Waals surface area contributed by atoms with E-state index in [0.717, 1.165) is 14.7 Å². The number of benzene rings is 3. The first-order valence-electron chi connectivity index (χ1n) is 6.85. The van der Waals surface area contributed by atoms with Gasteiger partial charge >= 0.3 is 37.1 Å². The van der Waals surface area contributed by atoms with Crippen LogP contribution in [0.15, 0.2) is 93.5 Å². The summed E-state index contributed by atoms with van der Waals surface area (Å²) in [6, 6.07) is 27.9. The number of carboxylic acids is 1. The largest absolute Gasteiger partial charge is 2.00 e. The molecule has 0 bridgehead atoms. The van der Waals surface area contributed by atoms with Crippen molar-refractivity contribution in [2.45, 2.75) is 14.7 Å². The summed E-state index contributed by atoms with van der Waals surface area (Å²) in [5.41, 5.74) is 0.350. The molecule has 0 saturated carbocycles. The Kier molecular flexibility index (Phi) is 8.35. The van der Waals surface area contributed by atoms with E-state index in [1.54, 1.807) is 12.1 Å². The zero-order valence-corrected chi connectivity index (χ0v) is 18.2. The molecule has 24 heavy (non-hydrogen) atoms. The Morgan fingerprint density at radius 1 is 0.833 bits per heavy atom. The van der Waals surface area contributed by atoms with Gasteiger partial charge in [0.1, 0.15) is 5.56 Å². The molecule has 1 unspecified atom stereocenters. The number of hydrogen-bond acceptors (Lipinski definition) is 1. The summed E-state index contributed by atoms with van der Waals surface area (Å²) < 4.78 is 0. The summed E-state index contributed by atoms with van der Waals surface area (Å²) in [6.07, 6.45) is 0. The van der Waals surface area contributed by atoms with Gasteiger partial charge in [0.15, 0.2) is 9.79 Å². The van der Waals surface area contributed by atoms with E-state index in [4.69, 9.17) is 0 Å². The van der Waals surface area contributed by atoms with Crippen LogP contribution in [0.25, 0.3) is 0 Å². The number of aromatic carboxylic acids is 1. The SMILES string of the molecule is O=C(O)c1ccccc1[S+](c1cc[c-]cc1)c1ccccc1.[CH3-].[U+2]. The van der Waals surface area contributed by atoms with Crippen molar-refractivity contribution < 1.29 is 41.0 Å². The maximum absolute atomic E-state index is 11.6. The number of carbonyl (C=O) groups is 1. The molecule has 3 aromatic carbocycles. The fraction of sp³-hybridized carbons (Fsp3) is 0. The van der Waals surface area contributed by atoms with Crippen molar-refractivity contribution in [3.63, 3.8) is 0 Å². The summed E-state index contributed by atoms with van der Waals surface area (Å²) in [6.45, 7) is 0. The maximum atomic E-state index is 11.6. The molecular formula is C20H17O2SU+. The fourth-order valence-electron chi connectivity index (χ4n) is 2.28. The van der Waals surface area contributed by atoms with Crippen molar-refractivity contribution in [2.75, 3.05) is 0 Å². The van der Waals surface area contributed by atoms with Crippen LogP contribution in [0.3, 0.4) is 0 Å². The van der Waals surface area contributed by atoms with E-state index in [-0.39, 0.29) is 38.5 Å². The van der Waals surface area contributed by atoms with Gasteiger partial charge in [-0.1, -0.05) is 30.3 Å². The minimum Gasteiger partial charge on any atom is -0.478 e. The minimum atomic E-state index is -0.897. The topological polar surface area (TPSA) is 37.3 Å². The normalized spacial score (nSPS) is 10.8. The molecule has 1 atom stereocenters. The molecule has 0 aliphatic rings. The zero-order valence-electron chi connectivity index (χ0n) is 13.3. The van der Waals surface area contributed by atoms with Crippen LogP contribution in [0.5, 0.6) is 0 Å². The van der Waals surface area contributed by atoms with E-state index in [0.29, 0.717) is 5.56 Å². The second-order valence-electron chi connectivity index (χ2n) is 4.66. The van der Waals surface area contributed by atoms with E-state index in [1.165, 1.54) is 0 Å². The van der Waals surface area contributed by atoms with Gasteiger partial charge in [-0.3, -0.25) is 0 Å². The number of rotatable bonds is 4. The summed E-state index contributed by atoms with van der Waals surface area (Å²) in [4.78, 5) is 14.6. The first kappa shape index (κ1) is 20.6. The molecule has 0 radical (unpaired) electrons. The van der Waals surface area contributed by atoms with Crippen molar-refractivity contribution in [1.82, 2.24) is 0 Å². The van der Waals surface area contributed by atoms with Crippen molar-refractivity contribution in [2.24, 2.45) is 0 Å². The van der Waals surface area contributed by atoms with Crippen LogP contribution >= 0.6 is 0 Å². The monoisotopic (exact) mass is 559 g/mol. The van der Waals surface area contributed by atoms with Crippen LogP contribution in [-0.2, 0) is 10.9 Å². The Morgan fingerprint density at radius 3 is 2.00 bits per heavy atom. The quantitative estimate of drug-likeness (QED) is 0.371. The van der Waals surface area contributed by atoms with E-state index >= 15 is 0 Å². The molecule has 3 aromatic rings. The van der Waals surface area contributed by atoms with Crippen molar-refractivity contribution in [3.05, 3.63) is 97.9 Å². The average molecular weight is 559 g/mol. The van der Waals surface area contributed by atoms with E-state index < -0.39 is 16.9 Å². The third-order valence-electron chi connectivity index (χ3n) is 3.24. The minimum absolute atomic E-state index is 0. The Balaban J connectivity index is 0.00000144. The second kappa shape index (κ2) is 9.74. The van der Waals surface area contributed by atoms with Crippen molar-refractivity contribution in [1.29, 1.82) is 0 Å². The molecule has 3 rings (SSSR count). The Morgan fingerprint density at radius 2 is 1.38 bits per heavy atom. The predicted molar refractivity (Wildman–Crippen MR) is 93.7 cm³/mol. The summed E-state index contributed by atoms with van der Waals surface area (Å²) in [7, 11) is -0.448. The van der Waals surface area contributed by atoms with Gasteiger partial charge in [0.2, 0.25) is 0 Å². The zero-order chi connectivity index (χ0) is 15.4. The Labute approximate surface area is 169 Å². The molecule has 0 aliphatic heterocycles. The summed E-state index contributed by atoms with van der Waals surface area (Å²) >= 11 is 0. The number of carboxylic acid groups (broad SMARTS) is 1. The van der Waals surface area contributed by atoms with E-state index in [1.807, 2.05) is 66.7 Å². The smallest absolute Gasteiger partial charge is 0.478 e. The third-order valence-corrected chi connectivity index (χ3v) is 5.52. The first-order valence-corrected chi connectivity index (χ1v) is 8.07. The van der Waals surface area contributed by atoms with Crippen LogP contribution in [0.1, 0.15) is 10.4 Å². The molecular weight excluding hydrogens is 542 g/mol. The van der Waals surface area contributed by atoms with Crippen LogP contribution in [-0.4, -0.2) is 11.1 Å². The van der Waals surface area contributed by atoms with Gasteiger partial charge in [-0.2, -0.15) is 18.2 Å². The van der Waals surface area contributed by atoms with E-state index in [9.17, 15) is 9.90 Å². The molecule has 2 nitrogen and oxygen atoms in total. The number of hydrogen-bond donors (Lipinski definition) is 1. The molecule has 118 valence electrons. The van der Waals surface area contributed by atoms with Crippen molar-refractivity contribution >= 4 is 16.9 Å². The van der Waals surface area contributed by atoms with Gasteiger partial charge in [-0.25, -0.2) is 4.79 Å². The Hall–Kier alpha value is -1.47. The van der Waals surface area contributed by atoms with Gasteiger partial charge in [0.25, 0.3) is 0 Å². The fourth-order valence-corrected chi connectivity index (χ4v) is 4.48. The van der Waals surface area contributed by atoms with Crippen LogP contribution in [0.4, 0.5) is 0 Å². The van der Waals surface area contributed by atoms with E-state index in [2.05, 4.69) is 6.07 Å². The molecule has 0 saturated heterocycles. The Bertz CT molecular complexity index is 736. The molecule has 0 heterocycles. The average Bonchev–Trinajstić information content (AvgIpc) is 2.57. The van der Waals surface area contributed by atoms with Gasteiger partial charge in [-0.15, -0.1) is 12.1 Å². The summed E-state index contributed by atoms with van der Waals surface area (Å²) in [5, 5.41) is 9.51. The van der Waals surface area contributed by atoms with Gasteiger partial charge < -0.3 is 12.5 Å². The molecule has 0 fully saturated rings. The van der Waals surface area contributed by atoms with Crippen LogP contribution < -0.4 is 0 Å². The molecule has 0 aliphatic carbocycles. The summed E-state index contributed by atoms with van der Waals surface area (Å²) in [5.74, 6) is -0.897. The first-order chi connectivity index (χ1) is 10.8. The van der Waals surface area contributed by atoms with Gasteiger partial charge in [0, 0.05) is 0 Å². The molecule has 0 aromatic heterocycles. The molecule has 1 N–H and O–H groups in total. The van der Waals surface area contributed by atoms with Gasteiger partial charge in [0.05, 0.1) is 15.8 Å². The molecule has 0 amide bonds. The van der Waals surface area contributed by atoms with Crippen molar-refractivity contribution in [3.8, 4) is 0 Å². The third kappa shape index (κ3) is 4.54. The molecule has 0 spiro atoms. The standard InChI is InChI=1S/C19H14O2S.CH3.U/c20-19(21)17-13-7-8-14-18(17)22(15-9-3-1-4-10-15)16-11-5-2-6-12-16;;/h1,3-14H,(H,20,21);1H3;/q;-1;+2. The molecule has 4 heteroatoms. The van der Waals surface area contributed by atoms with Crippen LogP contribution in [0, 0.1) is 44.6 Å².